The monoisotopic (exact) mass is 203 g/mol. The third kappa shape index (κ3) is 1.86. The number of carbonyl (C=O) groups is 1. The lowest BCUT2D eigenvalue weighted by Gasteiger charge is -2.20. The molecule has 0 bridgehead atoms. The first-order valence-electron chi connectivity index (χ1n) is 4.92. The van der Waals surface area contributed by atoms with Crippen molar-refractivity contribution in [2.24, 2.45) is 0 Å². The average molecular weight is 203 g/mol. The Morgan fingerprint density at radius 1 is 1.33 bits per heavy atom. The molecular weight excluding hydrogens is 190 g/mol. The van der Waals surface area contributed by atoms with Gasteiger partial charge in [0.15, 0.2) is 0 Å². The molecule has 78 valence electrons. The lowest BCUT2D eigenvalue weighted by Crippen LogP contribution is -2.21. The molecule has 15 heavy (non-hydrogen) atoms. The van der Waals surface area contributed by atoms with Crippen molar-refractivity contribution in [3.05, 3.63) is 41.5 Å². The van der Waals surface area contributed by atoms with E-state index in [-0.39, 0.29) is 0 Å². The predicted octanol–water partition coefficient (Wildman–Crippen LogP) is 2.07. The lowest BCUT2D eigenvalue weighted by molar-refractivity contribution is 0.0697. The van der Waals surface area contributed by atoms with E-state index in [2.05, 4.69) is 0 Å². The maximum Gasteiger partial charge on any atom is 0.337 e. The average Bonchev–Trinajstić information content (AvgIpc) is 2.70. The summed E-state index contributed by atoms with van der Waals surface area (Å²) >= 11 is 0. The molecule has 1 aromatic rings. The largest absolute Gasteiger partial charge is 0.478 e. The molecule has 1 aliphatic heterocycles. The molecule has 0 radical (unpaired) electrons. The van der Waals surface area contributed by atoms with Crippen LogP contribution in [0.3, 0.4) is 0 Å². The number of carboxylic acid groups (broad SMARTS) is 1. The number of rotatable bonds is 2. The fraction of sp³-hybridized carbons (Fsp3) is 0.250. The quantitative estimate of drug-likeness (QED) is 0.748. The molecule has 0 saturated heterocycles. The number of hydrogen-bond donors (Lipinski definition) is 1. The van der Waals surface area contributed by atoms with Gasteiger partial charge in [-0.15, -0.1) is 0 Å². The third-order valence-corrected chi connectivity index (χ3v) is 2.54. The topological polar surface area (TPSA) is 40.5 Å². The van der Waals surface area contributed by atoms with Gasteiger partial charge in [-0.1, -0.05) is 23.8 Å². The third-order valence-electron chi connectivity index (χ3n) is 2.54. The summed E-state index contributed by atoms with van der Waals surface area (Å²) in [5.41, 5.74) is 2.17. The zero-order valence-corrected chi connectivity index (χ0v) is 8.60. The van der Waals surface area contributed by atoms with Gasteiger partial charge < -0.3 is 10.0 Å². The van der Waals surface area contributed by atoms with Gasteiger partial charge >= 0.3 is 5.97 Å². The molecule has 0 aliphatic carbocycles. The van der Waals surface area contributed by atoms with Gasteiger partial charge in [-0.2, -0.15) is 0 Å². The number of hydrogen-bond acceptors (Lipinski definition) is 2. The maximum atomic E-state index is 11.1. The standard InChI is InChI=1S/C12H13NO2/c1-9-4-5-11(10(8-9)12(14)15)13-6-2-3-7-13/h2-5,8H,6-7H2,1H3,(H,14,15). The fourth-order valence-electron chi connectivity index (χ4n) is 1.77. The van der Waals surface area contributed by atoms with Crippen LogP contribution in [-0.4, -0.2) is 24.2 Å². The molecule has 1 N–H and O–H groups in total. The van der Waals surface area contributed by atoms with Gasteiger partial charge in [0, 0.05) is 13.1 Å². The first-order chi connectivity index (χ1) is 7.18. The van der Waals surface area contributed by atoms with E-state index in [1.807, 2.05) is 36.1 Å². The summed E-state index contributed by atoms with van der Waals surface area (Å²) in [6, 6.07) is 5.54. The summed E-state index contributed by atoms with van der Waals surface area (Å²) in [5, 5.41) is 9.10. The molecule has 1 aromatic carbocycles. The van der Waals surface area contributed by atoms with Crippen LogP contribution in [-0.2, 0) is 0 Å². The van der Waals surface area contributed by atoms with Gasteiger partial charge in [0.25, 0.3) is 0 Å². The van der Waals surface area contributed by atoms with Gasteiger partial charge in [0.2, 0.25) is 0 Å². The Bertz CT molecular complexity index is 416. The second kappa shape index (κ2) is 3.77. The molecule has 2 rings (SSSR count). The van der Waals surface area contributed by atoms with Crippen LogP contribution in [0.2, 0.25) is 0 Å². The van der Waals surface area contributed by atoms with Gasteiger partial charge in [-0.25, -0.2) is 4.79 Å². The highest BCUT2D eigenvalue weighted by Gasteiger charge is 2.16. The first-order valence-corrected chi connectivity index (χ1v) is 4.92. The van der Waals surface area contributed by atoms with Gasteiger partial charge in [-0.3, -0.25) is 0 Å². The Morgan fingerprint density at radius 2 is 2.00 bits per heavy atom. The van der Waals surface area contributed by atoms with E-state index in [1.165, 1.54) is 0 Å². The number of anilines is 1. The zero-order valence-electron chi connectivity index (χ0n) is 8.60. The van der Waals surface area contributed by atoms with Gasteiger partial charge in [-0.05, 0) is 19.1 Å². The fourth-order valence-corrected chi connectivity index (χ4v) is 1.77. The molecule has 1 heterocycles. The maximum absolute atomic E-state index is 11.1. The van der Waals surface area contributed by atoms with E-state index in [0.717, 1.165) is 24.3 Å². The van der Waals surface area contributed by atoms with Crippen LogP contribution in [0, 0.1) is 6.92 Å². The second-order valence-corrected chi connectivity index (χ2v) is 3.70. The summed E-state index contributed by atoms with van der Waals surface area (Å²) in [5.74, 6) is -0.861. The molecule has 0 unspecified atom stereocenters. The molecule has 0 atom stereocenters. The summed E-state index contributed by atoms with van der Waals surface area (Å²) in [7, 11) is 0. The molecule has 1 aliphatic rings. The number of benzene rings is 1. The van der Waals surface area contributed by atoms with Crippen molar-refractivity contribution in [2.75, 3.05) is 18.0 Å². The van der Waals surface area contributed by atoms with E-state index < -0.39 is 5.97 Å². The Balaban J connectivity index is 2.41. The lowest BCUT2D eigenvalue weighted by atomic mass is 10.1. The van der Waals surface area contributed by atoms with E-state index in [0.29, 0.717) is 5.56 Å². The Kier molecular flexibility index (Phi) is 2.46. The number of aryl methyl sites for hydroxylation is 1. The molecule has 3 nitrogen and oxygen atoms in total. The summed E-state index contributed by atoms with van der Waals surface area (Å²) in [6.45, 7) is 3.49. The van der Waals surface area contributed by atoms with Crippen molar-refractivity contribution >= 4 is 11.7 Å². The first kappa shape index (κ1) is 9.77. The van der Waals surface area contributed by atoms with Crippen molar-refractivity contribution < 1.29 is 9.90 Å². The van der Waals surface area contributed by atoms with Crippen LogP contribution in [0.15, 0.2) is 30.4 Å². The summed E-state index contributed by atoms with van der Waals surface area (Å²) < 4.78 is 0. The smallest absolute Gasteiger partial charge is 0.337 e. The normalized spacial score (nSPS) is 14.6. The number of nitrogens with zero attached hydrogens (tertiary/aromatic N) is 1. The van der Waals surface area contributed by atoms with Crippen molar-refractivity contribution in [2.45, 2.75) is 6.92 Å². The van der Waals surface area contributed by atoms with Gasteiger partial charge in [0.05, 0.1) is 11.3 Å². The van der Waals surface area contributed by atoms with E-state index in [9.17, 15) is 4.79 Å². The highest BCUT2D eigenvalue weighted by atomic mass is 16.4. The molecular formula is C12H13NO2. The van der Waals surface area contributed by atoms with Crippen molar-refractivity contribution in [3.8, 4) is 0 Å². The van der Waals surface area contributed by atoms with Crippen LogP contribution < -0.4 is 4.90 Å². The minimum absolute atomic E-state index is 0.388. The number of aromatic carboxylic acids is 1. The van der Waals surface area contributed by atoms with Crippen LogP contribution in [0.1, 0.15) is 15.9 Å². The molecule has 3 heteroatoms. The van der Waals surface area contributed by atoms with Crippen LogP contribution in [0.5, 0.6) is 0 Å². The van der Waals surface area contributed by atoms with Crippen LogP contribution in [0.4, 0.5) is 5.69 Å². The Labute approximate surface area is 88.6 Å². The minimum Gasteiger partial charge on any atom is -0.478 e. The highest BCUT2D eigenvalue weighted by molar-refractivity contribution is 5.94. The highest BCUT2D eigenvalue weighted by Crippen LogP contribution is 2.23. The van der Waals surface area contributed by atoms with E-state index in [4.69, 9.17) is 5.11 Å². The minimum atomic E-state index is -0.861. The summed E-state index contributed by atoms with van der Waals surface area (Å²) in [4.78, 5) is 13.1. The Hall–Kier alpha value is -1.77. The molecule has 0 fully saturated rings. The van der Waals surface area contributed by atoms with Crippen LogP contribution in [0.25, 0.3) is 0 Å². The SMILES string of the molecule is Cc1ccc(N2CC=CC2)c(C(=O)O)c1. The van der Waals surface area contributed by atoms with Gasteiger partial charge in [0.1, 0.15) is 0 Å². The molecule has 0 aromatic heterocycles. The van der Waals surface area contributed by atoms with E-state index in [1.54, 1.807) is 6.07 Å². The van der Waals surface area contributed by atoms with E-state index >= 15 is 0 Å². The predicted molar refractivity (Wildman–Crippen MR) is 59.5 cm³/mol. The van der Waals surface area contributed by atoms with Crippen molar-refractivity contribution in [1.82, 2.24) is 0 Å². The van der Waals surface area contributed by atoms with Crippen LogP contribution >= 0.6 is 0 Å². The zero-order chi connectivity index (χ0) is 10.8. The van der Waals surface area contributed by atoms with Crippen molar-refractivity contribution in [1.29, 1.82) is 0 Å². The van der Waals surface area contributed by atoms with Crippen molar-refractivity contribution in [3.63, 3.8) is 0 Å². The molecule has 0 amide bonds. The summed E-state index contributed by atoms with van der Waals surface area (Å²) in [6.07, 6.45) is 4.09. The number of carboxylic acids is 1. The molecule has 0 saturated carbocycles. The molecule has 0 spiro atoms. The second-order valence-electron chi connectivity index (χ2n) is 3.70. The Morgan fingerprint density at radius 3 is 2.60 bits per heavy atom.